The van der Waals surface area contributed by atoms with Gasteiger partial charge in [0.25, 0.3) is 0 Å². The Morgan fingerprint density at radius 2 is 1.44 bits per heavy atom. The van der Waals surface area contributed by atoms with Crippen LogP contribution in [0.1, 0.15) is 30.4 Å². The average molecular weight is 368 g/mol. The molecule has 0 saturated carbocycles. The van der Waals surface area contributed by atoms with Crippen molar-refractivity contribution in [2.75, 3.05) is 31.6 Å². The molecule has 1 nitrogen and oxygen atoms in total. The van der Waals surface area contributed by atoms with Crippen LogP contribution < -0.4 is 0 Å². The number of hydrogen-bond donors (Lipinski definition) is 0. The van der Waals surface area contributed by atoms with Crippen LogP contribution in [0.3, 0.4) is 0 Å². The van der Waals surface area contributed by atoms with Gasteiger partial charge >= 0.3 is 0 Å². The molecule has 0 N–H and O–H groups in total. The molecule has 0 aromatic heterocycles. The van der Waals surface area contributed by atoms with Crippen molar-refractivity contribution in [3.05, 3.63) is 59.7 Å². The van der Waals surface area contributed by atoms with Gasteiger partial charge in [-0.2, -0.15) is 11.8 Å². The van der Waals surface area contributed by atoms with Crippen LogP contribution in [0.2, 0.25) is 0 Å². The fraction of sp³-hybridized carbons (Fsp3) is 0.364. The predicted octanol–water partition coefficient (Wildman–Crippen LogP) is 5.91. The molecule has 0 amide bonds. The lowest BCUT2D eigenvalue weighted by molar-refractivity contribution is 0.292. The fourth-order valence-electron chi connectivity index (χ4n) is 3.93. The van der Waals surface area contributed by atoms with Crippen LogP contribution in [-0.4, -0.2) is 36.5 Å². The Balaban J connectivity index is 1.69. The number of thioether (sulfide) groups is 1. The second kappa shape index (κ2) is 8.03. The van der Waals surface area contributed by atoms with Crippen LogP contribution in [0, 0.1) is 0 Å². The van der Waals surface area contributed by atoms with Gasteiger partial charge in [-0.05, 0) is 72.2 Å². The lowest BCUT2D eigenvalue weighted by atomic mass is 9.91. The van der Waals surface area contributed by atoms with Gasteiger partial charge in [-0.15, -0.1) is 0 Å². The molecular formula is C22H25NS2. The van der Waals surface area contributed by atoms with E-state index in [4.69, 9.17) is 0 Å². The van der Waals surface area contributed by atoms with Crippen molar-refractivity contribution < 1.29 is 0 Å². The zero-order chi connectivity index (χ0) is 17.1. The molecule has 0 radical (unpaired) electrons. The maximum Gasteiger partial charge on any atom is 0.0197 e. The Morgan fingerprint density at radius 1 is 0.880 bits per heavy atom. The summed E-state index contributed by atoms with van der Waals surface area (Å²) < 4.78 is 0. The minimum absolute atomic E-state index is 1.17. The van der Waals surface area contributed by atoms with Crippen molar-refractivity contribution >= 4 is 34.7 Å². The molecule has 2 aromatic rings. The van der Waals surface area contributed by atoms with Crippen LogP contribution in [0.15, 0.2) is 58.3 Å². The normalized spacial score (nSPS) is 17.3. The molecule has 2 aliphatic heterocycles. The van der Waals surface area contributed by atoms with E-state index in [1.165, 1.54) is 65.6 Å². The smallest absolute Gasteiger partial charge is 0.0197 e. The molecule has 0 bridgehead atoms. The van der Waals surface area contributed by atoms with Crippen LogP contribution in [-0.2, 0) is 0 Å². The summed E-state index contributed by atoms with van der Waals surface area (Å²) in [6, 6.07) is 18.0. The Morgan fingerprint density at radius 3 is 2.00 bits per heavy atom. The summed E-state index contributed by atoms with van der Waals surface area (Å²) in [5, 5.41) is 0. The highest BCUT2D eigenvalue weighted by Gasteiger charge is 2.24. The number of benzene rings is 2. The molecule has 4 rings (SSSR count). The van der Waals surface area contributed by atoms with Crippen LogP contribution >= 0.6 is 23.5 Å². The SMILES string of the molecule is CSCCCN1CCC2=C(CC1)c1ccccc1Sc1ccccc12. The molecule has 2 heterocycles. The first-order valence-electron chi connectivity index (χ1n) is 9.17. The summed E-state index contributed by atoms with van der Waals surface area (Å²) in [6.45, 7) is 3.61. The summed E-state index contributed by atoms with van der Waals surface area (Å²) in [6.07, 6.45) is 5.84. The van der Waals surface area contributed by atoms with E-state index in [0.29, 0.717) is 0 Å². The second-order valence-electron chi connectivity index (χ2n) is 6.74. The topological polar surface area (TPSA) is 3.24 Å². The maximum absolute atomic E-state index is 2.67. The van der Waals surface area contributed by atoms with Crippen LogP contribution in [0.4, 0.5) is 0 Å². The molecule has 2 aliphatic rings. The van der Waals surface area contributed by atoms with Gasteiger partial charge < -0.3 is 4.90 Å². The number of rotatable bonds is 4. The van der Waals surface area contributed by atoms with E-state index in [9.17, 15) is 0 Å². The third kappa shape index (κ3) is 3.69. The Kier molecular flexibility index (Phi) is 5.54. The van der Waals surface area contributed by atoms with Gasteiger partial charge in [0.15, 0.2) is 0 Å². The van der Waals surface area contributed by atoms with Crippen molar-refractivity contribution in [2.45, 2.75) is 29.1 Å². The van der Waals surface area contributed by atoms with Crippen molar-refractivity contribution in [2.24, 2.45) is 0 Å². The van der Waals surface area contributed by atoms with E-state index in [1.54, 1.807) is 11.1 Å². The number of fused-ring (bicyclic) bond motifs is 4. The highest BCUT2D eigenvalue weighted by atomic mass is 32.2. The molecule has 0 aliphatic carbocycles. The van der Waals surface area contributed by atoms with E-state index in [0.717, 1.165) is 0 Å². The van der Waals surface area contributed by atoms with E-state index in [2.05, 4.69) is 59.7 Å². The van der Waals surface area contributed by atoms with Crippen molar-refractivity contribution in [3.8, 4) is 0 Å². The van der Waals surface area contributed by atoms with Crippen molar-refractivity contribution in [3.63, 3.8) is 0 Å². The third-order valence-corrected chi connectivity index (χ3v) is 7.04. The molecular weight excluding hydrogens is 342 g/mol. The van der Waals surface area contributed by atoms with Gasteiger partial charge in [0.2, 0.25) is 0 Å². The first-order chi connectivity index (χ1) is 12.4. The van der Waals surface area contributed by atoms with Gasteiger partial charge in [0.05, 0.1) is 0 Å². The Bertz CT molecular complexity index is 722. The quantitative estimate of drug-likeness (QED) is 0.618. The standard InChI is InChI=1S/C22H25NS2/c1-24-16-6-13-23-14-11-17-18(12-15-23)20-8-3-5-10-22(20)25-21-9-4-2-7-19(17)21/h2-5,7-10H,6,11-16H2,1H3. The highest BCUT2D eigenvalue weighted by molar-refractivity contribution is 7.99. The first-order valence-corrected chi connectivity index (χ1v) is 11.4. The van der Waals surface area contributed by atoms with Gasteiger partial charge in [0.1, 0.15) is 0 Å². The van der Waals surface area contributed by atoms with E-state index < -0.39 is 0 Å². The number of nitrogens with zero attached hydrogens (tertiary/aromatic N) is 1. The molecule has 0 fully saturated rings. The van der Waals surface area contributed by atoms with Gasteiger partial charge in [-0.3, -0.25) is 0 Å². The highest BCUT2D eigenvalue weighted by Crippen LogP contribution is 2.46. The predicted molar refractivity (Wildman–Crippen MR) is 112 cm³/mol. The van der Waals surface area contributed by atoms with Crippen molar-refractivity contribution in [1.82, 2.24) is 4.90 Å². The number of hydrogen-bond acceptors (Lipinski definition) is 3. The molecule has 25 heavy (non-hydrogen) atoms. The second-order valence-corrected chi connectivity index (χ2v) is 8.81. The van der Waals surface area contributed by atoms with E-state index in [-0.39, 0.29) is 0 Å². The van der Waals surface area contributed by atoms with Crippen molar-refractivity contribution in [1.29, 1.82) is 0 Å². The molecule has 0 unspecified atom stereocenters. The average Bonchev–Trinajstić information content (AvgIpc) is 2.92. The summed E-state index contributed by atoms with van der Waals surface area (Å²) in [5.74, 6) is 1.27. The van der Waals surface area contributed by atoms with Crippen LogP contribution in [0.25, 0.3) is 11.1 Å². The van der Waals surface area contributed by atoms with Gasteiger partial charge in [-0.1, -0.05) is 48.2 Å². The fourth-order valence-corrected chi connectivity index (χ4v) is 5.48. The molecule has 3 heteroatoms. The molecule has 2 aromatic carbocycles. The lowest BCUT2D eigenvalue weighted by Crippen LogP contribution is -2.26. The molecule has 0 spiro atoms. The summed E-state index contributed by atoms with van der Waals surface area (Å²) >= 11 is 3.90. The first kappa shape index (κ1) is 17.3. The van der Waals surface area contributed by atoms with E-state index >= 15 is 0 Å². The van der Waals surface area contributed by atoms with E-state index in [1.807, 2.05) is 23.5 Å². The Labute approximate surface area is 159 Å². The summed E-state index contributed by atoms with van der Waals surface area (Å²) in [4.78, 5) is 5.50. The van der Waals surface area contributed by atoms with Gasteiger partial charge in [-0.25, -0.2) is 0 Å². The monoisotopic (exact) mass is 367 g/mol. The lowest BCUT2D eigenvalue weighted by Gasteiger charge is -2.20. The zero-order valence-corrected chi connectivity index (χ0v) is 16.5. The maximum atomic E-state index is 2.67. The summed E-state index contributed by atoms with van der Waals surface area (Å²) in [7, 11) is 0. The summed E-state index contributed by atoms with van der Waals surface area (Å²) in [5.41, 5.74) is 6.09. The Hall–Kier alpha value is -1.16. The molecule has 0 atom stereocenters. The third-order valence-electron chi connectivity index (χ3n) is 5.19. The molecule has 0 saturated heterocycles. The largest absolute Gasteiger partial charge is 0.303 e. The molecule has 130 valence electrons. The zero-order valence-electron chi connectivity index (χ0n) is 14.8. The van der Waals surface area contributed by atoms with Crippen LogP contribution in [0.5, 0.6) is 0 Å². The van der Waals surface area contributed by atoms with Gasteiger partial charge in [0, 0.05) is 22.9 Å². The minimum atomic E-state index is 1.17. The minimum Gasteiger partial charge on any atom is -0.303 e.